The van der Waals surface area contributed by atoms with Crippen molar-refractivity contribution < 1.29 is 23.1 Å². The highest BCUT2D eigenvalue weighted by atomic mass is 35.5. The molecule has 0 atom stereocenters. The van der Waals surface area contributed by atoms with Crippen LogP contribution in [0.5, 0.6) is 5.88 Å². The summed E-state index contributed by atoms with van der Waals surface area (Å²) in [4.78, 5) is 14.8. The number of halogens is 1. The minimum absolute atomic E-state index is 0.0103. The standard InChI is InChI=1S/C17H20ClN3O5S/c1-3-11-13(17(23)20-19-11)16(22)10-5-6-12(27(2,24)25)15(14(10)18)21-7-4-8-26-9-21/h5-6H,3-4,7-9H2,1-2H3,(H2,19,20,23). The van der Waals surface area contributed by atoms with Gasteiger partial charge in [0.1, 0.15) is 12.3 Å². The average Bonchev–Trinajstić information content (AvgIpc) is 3.01. The van der Waals surface area contributed by atoms with Gasteiger partial charge < -0.3 is 14.7 Å². The predicted octanol–water partition coefficient (Wildman–Crippen LogP) is 2.15. The molecule has 1 aliphatic heterocycles. The van der Waals surface area contributed by atoms with Crippen molar-refractivity contribution in [3.63, 3.8) is 0 Å². The Balaban J connectivity index is 2.18. The first-order valence-electron chi connectivity index (χ1n) is 8.41. The number of H-pyrrole nitrogens is 1. The molecule has 0 saturated carbocycles. The molecule has 0 unspecified atom stereocenters. The number of nitrogens with one attached hydrogen (secondary N) is 1. The summed E-state index contributed by atoms with van der Waals surface area (Å²) in [5.41, 5.74) is 0.776. The summed E-state index contributed by atoms with van der Waals surface area (Å²) in [5.74, 6) is -0.870. The number of benzene rings is 1. The van der Waals surface area contributed by atoms with E-state index in [1.54, 1.807) is 11.8 Å². The average molecular weight is 414 g/mol. The molecule has 0 amide bonds. The van der Waals surface area contributed by atoms with E-state index in [-0.39, 0.29) is 39.3 Å². The van der Waals surface area contributed by atoms with E-state index in [1.807, 2.05) is 0 Å². The molecule has 0 spiro atoms. The van der Waals surface area contributed by atoms with E-state index in [1.165, 1.54) is 12.1 Å². The lowest BCUT2D eigenvalue weighted by molar-refractivity contribution is 0.103. The molecule has 1 saturated heterocycles. The molecular formula is C17H20ClN3O5S. The fraction of sp³-hybridized carbons (Fsp3) is 0.412. The maximum absolute atomic E-state index is 13.0. The number of nitrogens with zero attached hydrogens (tertiary/aromatic N) is 2. The van der Waals surface area contributed by atoms with E-state index in [4.69, 9.17) is 16.3 Å². The van der Waals surface area contributed by atoms with Crippen molar-refractivity contribution in [2.75, 3.05) is 31.0 Å². The van der Waals surface area contributed by atoms with E-state index >= 15 is 0 Å². The molecule has 2 heterocycles. The zero-order valence-corrected chi connectivity index (χ0v) is 16.5. The van der Waals surface area contributed by atoms with Crippen molar-refractivity contribution in [2.24, 2.45) is 0 Å². The van der Waals surface area contributed by atoms with Crippen LogP contribution >= 0.6 is 11.6 Å². The van der Waals surface area contributed by atoms with Crippen molar-refractivity contribution in [3.05, 3.63) is 34.0 Å². The van der Waals surface area contributed by atoms with Gasteiger partial charge in [0, 0.05) is 18.4 Å². The number of aromatic nitrogens is 2. The fourth-order valence-corrected chi connectivity index (χ4v) is 4.41. The molecule has 3 rings (SSSR count). The summed E-state index contributed by atoms with van der Waals surface area (Å²) in [6.07, 6.45) is 2.23. The van der Waals surface area contributed by atoms with Crippen LogP contribution in [0.3, 0.4) is 0 Å². The van der Waals surface area contributed by atoms with Gasteiger partial charge in [-0.1, -0.05) is 18.5 Å². The highest BCUT2D eigenvalue weighted by molar-refractivity contribution is 7.90. The number of carbonyl (C=O) groups excluding carboxylic acids is 1. The normalized spacial score (nSPS) is 15.1. The molecular weight excluding hydrogens is 394 g/mol. The van der Waals surface area contributed by atoms with E-state index < -0.39 is 15.6 Å². The van der Waals surface area contributed by atoms with E-state index in [9.17, 15) is 18.3 Å². The molecule has 0 bridgehead atoms. The van der Waals surface area contributed by atoms with Crippen molar-refractivity contribution >= 4 is 32.9 Å². The lowest BCUT2D eigenvalue weighted by Gasteiger charge is -2.31. The van der Waals surface area contributed by atoms with Gasteiger partial charge in [0.2, 0.25) is 11.7 Å². The zero-order valence-electron chi connectivity index (χ0n) is 15.0. The van der Waals surface area contributed by atoms with Crippen LogP contribution in [0.25, 0.3) is 0 Å². The summed E-state index contributed by atoms with van der Waals surface area (Å²) in [6, 6.07) is 2.72. The molecule has 0 aliphatic carbocycles. The van der Waals surface area contributed by atoms with Gasteiger partial charge in [-0.25, -0.2) is 13.5 Å². The zero-order chi connectivity index (χ0) is 19.8. The minimum Gasteiger partial charge on any atom is -0.493 e. The van der Waals surface area contributed by atoms with Gasteiger partial charge in [-0.2, -0.15) is 5.10 Å². The number of aryl methyl sites for hydroxylation is 1. The highest BCUT2D eigenvalue weighted by Gasteiger charge is 2.29. The molecule has 2 aromatic rings. The largest absolute Gasteiger partial charge is 0.493 e. The number of anilines is 1. The summed E-state index contributed by atoms with van der Waals surface area (Å²) in [5, 5.41) is 16.3. The summed E-state index contributed by atoms with van der Waals surface area (Å²) in [6.45, 7) is 3.11. The lowest BCUT2D eigenvalue weighted by Crippen LogP contribution is -2.34. The van der Waals surface area contributed by atoms with Gasteiger partial charge in [0.15, 0.2) is 9.84 Å². The maximum atomic E-state index is 13.0. The van der Waals surface area contributed by atoms with E-state index in [0.29, 0.717) is 31.7 Å². The molecule has 1 aromatic heterocycles. The number of carbonyl (C=O) groups is 1. The van der Waals surface area contributed by atoms with Crippen LogP contribution in [-0.4, -0.2) is 55.6 Å². The van der Waals surface area contributed by atoms with Crippen LogP contribution in [0.2, 0.25) is 5.02 Å². The monoisotopic (exact) mass is 413 g/mol. The Kier molecular flexibility index (Phi) is 5.45. The third-order valence-corrected chi connectivity index (χ3v) is 5.90. The maximum Gasteiger partial charge on any atom is 0.218 e. The lowest BCUT2D eigenvalue weighted by atomic mass is 10.0. The predicted molar refractivity (Wildman–Crippen MR) is 100 cm³/mol. The van der Waals surface area contributed by atoms with Gasteiger partial charge in [-0.05, 0) is 25.0 Å². The molecule has 27 heavy (non-hydrogen) atoms. The molecule has 146 valence electrons. The summed E-state index contributed by atoms with van der Waals surface area (Å²) in [7, 11) is -3.58. The number of hydrogen-bond donors (Lipinski definition) is 2. The van der Waals surface area contributed by atoms with Crippen molar-refractivity contribution in [1.29, 1.82) is 0 Å². The second-order valence-electron chi connectivity index (χ2n) is 6.28. The molecule has 1 fully saturated rings. The number of hydrogen-bond acceptors (Lipinski definition) is 7. The Labute approximate surface area is 162 Å². The number of aromatic hydroxyl groups is 1. The van der Waals surface area contributed by atoms with Crippen LogP contribution in [0.1, 0.15) is 35.0 Å². The number of ketones is 1. The molecule has 10 heteroatoms. The fourth-order valence-electron chi connectivity index (χ4n) is 3.09. The number of sulfone groups is 1. The molecule has 8 nitrogen and oxygen atoms in total. The Morgan fingerprint density at radius 3 is 2.78 bits per heavy atom. The number of rotatable bonds is 5. The van der Waals surface area contributed by atoms with Crippen LogP contribution < -0.4 is 4.90 Å². The minimum atomic E-state index is -3.58. The number of ether oxygens (including phenoxy) is 1. The Hall–Kier alpha value is -2.10. The van der Waals surface area contributed by atoms with Gasteiger partial charge >= 0.3 is 0 Å². The van der Waals surface area contributed by atoms with E-state index in [2.05, 4.69) is 10.2 Å². The van der Waals surface area contributed by atoms with Crippen LogP contribution in [0, 0.1) is 0 Å². The van der Waals surface area contributed by atoms with Crippen molar-refractivity contribution in [3.8, 4) is 5.88 Å². The first-order valence-corrected chi connectivity index (χ1v) is 10.7. The van der Waals surface area contributed by atoms with Crippen LogP contribution in [0.15, 0.2) is 17.0 Å². The van der Waals surface area contributed by atoms with Crippen molar-refractivity contribution in [2.45, 2.75) is 24.7 Å². The van der Waals surface area contributed by atoms with Crippen molar-refractivity contribution in [1.82, 2.24) is 10.2 Å². The smallest absolute Gasteiger partial charge is 0.218 e. The Morgan fingerprint density at radius 2 is 2.19 bits per heavy atom. The third-order valence-electron chi connectivity index (χ3n) is 4.39. The van der Waals surface area contributed by atoms with Crippen LogP contribution in [-0.2, 0) is 21.0 Å². The SMILES string of the molecule is CCc1n[nH]c(O)c1C(=O)c1ccc(S(C)(=O)=O)c(N2CCCOC2)c1Cl. The Bertz CT molecular complexity index is 981. The van der Waals surface area contributed by atoms with E-state index in [0.717, 1.165) is 6.26 Å². The molecule has 2 N–H and O–H groups in total. The Morgan fingerprint density at radius 1 is 1.44 bits per heavy atom. The van der Waals surface area contributed by atoms with Gasteiger partial charge in [0.05, 0.1) is 27.9 Å². The second kappa shape index (κ2) is 7.49. The van der Waals surface area contributed by atoms with Gasteiger partial charge in [0.25, 0.3) is 0 Å². The number of aromatic amines is 1. The molecule has 0 radical (unpaired) electrons. The summed E-state index contributed by atoms with van der Waals surface area (Å²) < 4.78 is 29.9. The van der Waals surface area contributed by atoms with Gasteiger partial charge in [-0.15, -0.1) is 0 Å². The molecule has 1 aliphatic rings. The first kappa shape index (κ1) is 19.7. The third kappa shape index (κ3) is 3.67. The van der Waals surface area contributed by atoms with Crippen LogP contribution in [0.4, 0.5) is 5.69 Å². The second-order valence-corrected chi connectivity index (χ2v) is 8.64. The first-order chi connectivity index (χ1) is 12.8. The van der Waals surface area contributed by atoms with Gasteiger partial charge in [-0.3, -0.25) is 4.79 Å². The summed E-state index contributed by atoms with van der Waals surface area (Å²) >= 11 is 6.52. The quantitative estimate of drug-likeness (QED) is 0.722. The highest BCUT2D eigenvalue weighted by Crippen LogP contribution is 2.38. The topological polar surface area (TPSA) is 113 Å². The molecule has 1 aromatic carbocycles.